The van der Waals surface area contributed by atoms with Crippen LogP contribution in [0.1, 0.15) is 18.1 Å². The van der Waals surface area contributed by atoms with Gasteiger partial charge < -0.3 is 9.64 Å². The Bertz CT molecular complexity index is 687. The number of hydrogen-bond donors (Lipinski definition) is 0. The SMILES string of the molecule is Cc1ccc(S(=O)(=O)N(C)CC(=O)N2CCOC(C)C2)cc1C. The highest BCUT2D eigenvalue weighted by molar-refractivity contribution is 7.89. The van der Waals surface area contributed by atoms with Crippen LogP contribution in [0, 0.1) is 13.8 Å². The van der Waals surface area contributed by atoms with Gasteiger partial charge in [0.2, 0.25) is 15.9 Å². The predicted molar refractivity (Wildman–Crippen MR) is 87.7 cm³/mol. The van der Waals surface area contributed by atoms with Crippen LogP contribution in [-0.2, 0) is 19.6 Å². The lowest BCUT2D eigenvalue weighted by Crippen LogP contribution is -2.48. The van der Waals surface area contributed by atoms with Gasteiger partial charge in [0.1, 0.15) is 0 Å². The maximum Gasteiger partial charge on any atom is 0.243 e. The van der Waals surface area contributed by atoms with E-state index in [-0.39, 0.29) is 23.5 Å². The number of aryl methyl sites for hydroxylation is 2. The molecule has 1 heterocycles. The predicted octanol–water partition coefficient (Wildman–Crippen LogP) is 1.17. The van der Waals surface area contributed by atoms with Crippen molar-refractivity contribution in [3.63, 3.8) is 0 Å². The van der Waals surface area contributed by atoms with Crippen LogP contribution in [0.15, 0.2) is 23.1 Å². The molecule has 0 saturated carbocycles. The molecule has 1 aromatic carbocycles. The normalized spacial score (nSPS) is 19.2. The lowest BCUT2D eigenvalue weighted by molar-refractivity contribution is -0.138. The van der Waals surface area contributed by atoms with Gasteiger partial charge in [-0.1, -0.05) is 6.07 Å². The Hall–Kier alpha value is -1.44. The highest BCUT2D eigenvalue weighted by Gasteiger charge is 2.27. The first-order valence-corrected chi connectivity index (χ1v) is 9.09. The molecule has 1 atom stereocenters. The van der Waals surface area contributed by atoms with Crippen LogP contribution < -0.4 is 0 Å². The third-order valence-corrected chi connectivity index (χ3v) is 5.94. The quantitative estimate of drug-likeness (QED) is 0.825. The van der Waals surface area contributed by atoms with Crippen LogP contribution >= 0.6 is 0 Å². The third-order valence-electron chi connectivity index (χ3n) is 4.14. The van der Waals surface area contributed by atoms with Gasteiger partial charge in [-0.3, -0.25) is 4.79 Å². The summed E-state index contributed by atoms with van der Waals surface area (Å²) >= 11 is 0. The number of carbonyl (C=O) groups is 1. The van der Waals surface area contributed by atoms with Crippen molar-refractivity contribution in [2.24, 2.45) is 0 Å². The van der Waals surface area contributed by atoms with E-state index in [1.165, 1.54) is 7.05 Å². The second-order valence-corrected chi connectivity index (χ2v) is 8.07. The van der Waals surface area contributed by atoms with E-state index >= 15 is 0 Å². The molecule has 0 aromatic heterocycles. The molecule has 0 radical (unpaired) electrons. The molecule has 1 unspecified atom stereocenters. The van der Waals surface area contributed by atoms with Gasteiger partial charge in [0.15, 0.2) is 0 Å². The zero-order valence-corrected chi connectivity index (χ0v) is 14.9. The smallest absolute Gasteiger partial charge is 0.243 e. The molecule has 1 aliphatic heterocycles. The van der Waals surface area contributed by atoms with Gasteiger partial charge in [0.25, 0.3) is 0 Å². The summed E-state index contributed by atoms with van der Waals surface area (Å²) in [6.45, 7) is 7.02. The second-order valence-electron chi connectivity index (χ2n) is 6.03. The summed E-state index contributed by atoms with van der Waals surface area (Å²) < 4.78 is 31.7. The molecule has 1 saturated heterocycles. The van der Waals surface area contributed by atoms with E-state index in [4.69, 9.17) is 4.74 Å². The maximum absolute atomic E-state index is 12.6. The number of morpholine rings is 1. The molecule has 0 bridgehead atoms. The molecule has 0 spiro atoms. The molecule has 2 rings (SSSR count). The van der Waals surface area contributed by atoms with Crippen LogP contribution in [0.25, 0.3) is 0 Å². The summed E-state index contributed by atoms with van der Waals surface area (Å²) in [6, 6.07) is 5.00. The van der Waals surface area contributed by atoms with E-state index in [0.717, 1.165) is 15.4 Å². The minimum Gasteiger partial charge on any atom is -0.375 e. The molecule has 23 heavy (non-hydrogen) atoms. The fourth-order valence-corrected chi connectivity index (χ4v) is 3.68. The Kier molecular flexibility index (Phi) is 5.44. The fraction of sp³-hybridized carbons (Fsp3) is 0.562. The van der Waals surface area contributed by atoms with Crippen molar-refractivity contribution in [1.82, 2.24) is 9.21 Å². The van der Waals surface area contributed by atoms with Gasteiger partial charge in [0.05, 0.1) is 24.2 Å². The Labute approximate surface area is 138 Å². The summed E-state index contributed by atoms with van der Waals surface area (Å²) in [6.07, 6.45) is -0.0191. The first kappa shape index (κ1) is 17.9. The Morgan fingerprint density at radius 3 is 2.65 bits per heavy atom. The minimum absolute atomic E-state index is 0.0191. The number of rotatable bonds is 4. The molecule has 1 amide bonds. The van der Waals surface area contributed by atoms with E-state index in [0.29, 0.717) is 19.7 Å². The summed E-state index contributed by atoms with van der Waals surface area (Å²) in [4.78, 5) is 14.2. The van der Waals surface area contributed by atoms with Gasteiger partial charge in [-0.2, -0.15) is 4.31 Å². The highest BCUT2D eigenvalue weighted by Crippen LogP contribution is 2.18. The lowest BCUT2D eigenvalue weighted by Gasteiger charge is -2.32. The van der Waals surface area contributed by atoms with Crippen LogP contribution in [-0.4, -0.2) is 62.9 Å². The highest BCUT2D eigenvalue weighted by atomic mass is 32.2. The van der Waals surface area contributed by atoms with E-state index < -0.39 is 10.0 Å². The van der Waals surface area contributed by atoms with E-state index in [1.807, 2.05) is 20.8 Å². The molecule has 1 aliphatic rings. The molecule has 128 valence electrons. The van der Waals surface area contributed by atoms with E-state index in [9.17, 15) is 13.2 Å². The van der Waals surface area contributed by atoms with Gasteiger partial charge >= 0.3 is 0 Å². The average molecular weight is 340 g/mol. The third kappa shape index (κ3) is 4.10. The fourth-order valence-electron chi connectivity index (χ4n) is 2.47. The summed E-state index contributed by atoms with van der Waals surface area (Å²) in [5.74, 6) is -0.199. The molecule has 0 N–H and O–H groups in total. The van der Waals surface area contributed by atoms with Crippen molar-refractivity contribution in [2.75, 3.05) is 33.3 Å². The topological polar surface area (TPSA) is 66.9 Å². The molecule has 0 aliphatic carbocycles. The molecular formula is C16H24N2O4S. The molecule has 1 fully saturated rings. The summed E-state index contributed by atoms with van der Waals surface area (Å²) in [5.41, 5.74) is 1.94. The van der Waals surface area contributed by atoms with Crippen LogP contribution in [0.2, 0.25) is 0 Å². The van der Waals surface area contributed by atoms with Gasteiger partial charge in [-0.15, -0.1) is 0 Å². The van der Waals surface area contributed by atoms with E-state index in [2.05, 4.69) is 0 Å². The number of likely N-dealkylation sites (N-methyl/N-ethyl adjacent to an activating group) is 1. The number of benzene rings is 1. The number of hydrogen-bond acceptors (Lipinski definition) is 4. The van der Waals surface area contributed by atoms with Crippen LogP contribution in [0.4, 0.5) is 0 Å². The van der Waals surface area contributed by atoms with Crippen molar-refractivity contribution in [2.45, 2.75) is 31.8 Å². The van der Waals surface area contributed by atoms with Crippen molar-refractivity contribution in [3.8, 4) is 0 Å². The Morgan fingerprint density at radius 1 is 1.35 bits per heavy atom. The molecule has 1 aromatic rings. The first-order chi connectivity index (χ1) is 10.7. The second kappa shape index (κ2) is 6.98. The monoisotopic (exact) mass is 340 g/mol. The molecular weight excluding hydrogens is 316 g/mol. The summed E-state index contributed by atoms with van der Waals surface area (Å²) in [5, 5.41) is 0. The van der Waals surface area contributed by atoms with E-state index in [1.54, 1.807) is 23.1 Å². The largest absolute Gasteiger partial charge is 0.375 e. The number of nitrogens with zero attached hydrogens (tertiary/aromatic N) is 2. The number of amides is 1. The molecule has 7 heteroatoms. The van der Waals surface area contributed by atoms with Crippen molar-refractivity contribution < 1.29 is 17.9 Å². The van der Waals surface area contributed by atoms with Crippen molar-refractivity contribution in [3.05, 3.63) is 29.3 Å². The van der Waals surface area contributed by atoms with Crippen LogP contribution in [0.5, 0.6) is 0 Å². The number of ether oxygens (including phenoxy) is 1. The Balaban J connectivity index is 2.10. The first-order valence-electron chi connectivity index (χ1n) is 7.65. The van der Waals surface area contributed by atoms with Gasteiger partial charge in [-0.05, 0) is 44.0 Å². The zero-order valence-electron chi connectivity index (χ0n) is 14.1. The van der Waals surface area contributed by atoms with Gasteiger partial charge in [-0.25, -0.2) is 8.42 Å². The number of carbonyl (C=O) groups excluding carboxylic acids is 1. The van der Waals surface area contributed by atoms with Crippen LogP contribution in [0.3, 0.4) is 0 Å². The summed E-state index contributed by atoms with van der Waals surface area (Å²) in [7, 11) is -2.23. The zero-order chi connectivity index (χ0) is 17.2. The standard InChI is InChI=1S/C16H24N2O4S/c1-12-5-6-15(9-13(12)2)23(20,21)17(4)11-16(19)18-7-8-22-14(3)10-18/h5-6,9,14H,7-8,10-11H2,1-4H3. The van der Waals surface area contributed by atoms with Crippen molar-refractivity contribution in [1.29, 1.82) is 0 Å². The van der Waals surface area contributed by atoms with Crippen molar-refractivity contribution >= 4 is 15.9 Å². The molecule has 6 nitrogen and oxygen atoms in total. The Morgan fingerprint density at radius 2 is 2.04 bits per heavy atom. The maximum atomic E-state index is 12.6. The minimum atomic E-state index is -3.67. The average Bonchev–Trinajstić information content (AvgIpc) is 2.49. The lowest BCUT2D eigenvalue weighted by atomic mass is 10.1. The van der Waals surface area contributed by atoms with Gasteiger partial charge in [0, 0.05) is 20.1 Å². The number of sulfonamides is 1.